The molecule has 0 amide bonds. The first kappa shape index (κ1) is 15.8. The van der Waals surface area contributed by atoms with Crippen molar-refractivity contribution in [3.8, 4) is 0 Å². The number of rotatable bonds is 7. The molecule has 2 aromatic rings. The first-order valence-corrected chi connectivity index (χ1v) is 8.11. The molecule has 112 valence electrons. The number of nitrogens with one attached hydrogen (secondary N) is 1. The Balaban J connectivity index is 2.31. The number of benzene rings is 2. The lowest BCUT2D eigenvalue weighted by molar-refractivity contribution is 0.435. The average Bonchev–Trinajstić information content (AvgIpc) is 2.53. The second-order valence-corrected chi connectivity index (χ2v) is 5.77. The van der Waals surface area contributed by atoms with Gasteiger partial charge in [-0.3, -0.25) is 0 Å². The van der Waals surface area contributed by atoms with E-state index in [-0.39, 0.29) is 0 Å². The molecule has 0 saturated heterocycles. The molecule has 0 aliphatic carbocycles. The molecule has 21 heavy (non-hydrogen) atoms. The predicted molar refractivity (Wildman–Crippen MR) is 91.7 cm³/mol. The highest BCUT2D eigenvalue weighted by Crippen LogP contribution is 2.33. The zero-order valence-electron chi connectivity index (χ0n) is 13.5. The summed E-state index contributed by atoms with van der Waals surface area (Å²) < 4.78 is 0. The van der Waals surface area contributed by atoms with Gasteiger partial charge in [-0.2, -0.15) is 0 Å². The van der Waals surface area contributed by atoms with Crippen LogP contribution in [0, 0.1) is 6.92 Å². The Bertz CT molecular complexity index is 515. The summed E-state index contributed by atoms with van der Waals surface area (Å²) in [6.07, 6.45) is 2.30. The van der Waals surface area contributed by atoms with Gasteiger partial charge in [-0.25, -0.2) is 0 Å². The van der Waals surface area contributed by atoms with Gasteiger partial charge in [-0.1, -0.05) is 74.0 Å². The van der Waals surface area contributed by atoms with E-state index in [0.717, 1.165) is 19.4 Å². The maximum Gasteiger partial charge on any atom is 0.0389 e. The van der Waals surface area contributed by atoms with Gasteiger partial charge >= 0.3 is 0 Å². The van der Waals surface area contributed by atoms with Gasteiger partial charge in [0.2, 0.25) is 0 Å². The van der Waals surface area contributed by atoms with E-state index < -0.39 is 0 Å². The molecule has 2 rings (SSSR count). The minimum absolute atomic E-state index is 0.387. The molecule has 2 aromatic carbocycles. The van der Waals surface area contributed by atoms with Crippen LogP contribution in [0.3, 0.4) is 0 Å². The lowest BCUT2D eigenvalue weighted by Gasteiger charge is -2.28. The summed E-state index contributed by atoms with van der Waals surface area (Å²) in [5, 5.41) is 3.75. The van der Waals surface area contributed by atoms with Crippen molar-refractivity contribution in [2.45, 2.75) is 45.6 Å². The summed E-state index contributed by atoms with van der Waals surface area (Å²) in [4.78, 5) is 0. The third kappa shape index (κ3) is 4.18. The highest BCUT2D eigenvalue weighted by Gasteiger charge is 2.22. The van der Waals surface area contributed by atoms with Crippen molar-refractivity contribution >= 4 is 0 Å². The second kappa shape index (κ2) is 7.99. The number of aryl methyl sites for hydroxylation is 1. The quantitative estimate of drug-likeness (QED) is 0.732. The fourth-order valence-electron chi connectivity index (χ4n) is 2.93. The van der Waals surface area contributed by atoms with Crippen molar-refractivity contribution < 1.29 is 0 Å². The summed E-state index contributed by atoms with van der Waals surface area (Å²) in [5.41, 5.74) is 4.14. The van der Waals surface area contributed by atoms with Crippen LogP contribution in [0.2, 0.25) is 0 Å². The summed E-state index contributed by atoms with van der Waals surface area (Å²) in [6.45, 7) is 7.71. The molecule has 0 aromatic heterocycles. The lowest BCUT2D eigenvalue weighted by atomic mass is 9.85. The molecule has 0 saturated carbocycles. The molecule has 2 unspecified atom stereocenters. The maximum absolute atomic E-state index is 3.75. The fourth-order valence-corrected chi connectivity index (χ4v) is 2.93. The topological polar surface area (TPSA) is 12.0 Å². The maximum atomic E-state index is 3.75. The fraction of sp³-hybridized carbons (Fsp3) is 0.400. The molecule has 0 fully saturated rings. The molecule has 0 aliphatic heterocycles. The van der Waals surface area contributed by atoms with E-state index >= 15 is 0 Å². The van der Waals surface area contributed by atoms with Gasteiger partial charge < -0.3 is 5.32 Å². The molecular weight excluding hydrogens is 254 g/mol. The smallest absolute Gasteiger partial charge is 0.0389 e. The van der Waals surface area contributed by atoms with Crippen LogP contribution in [0.15, 0.2) is 54.6 Å². The molecule has 0 bridgehead atoms. The van der Waals surface area contributed by atoms with Gasteiger partial charge in [0.15, 0.2) is 0 Å². The Morgan fingerprint density at radius 1 is 0.857 bits per heavy atom. The molecule has 1 nitrogen and oxygen atoms in total. The minimum Gasteiger partial charge on any atom is -0.309 e. The van der Waals surface area contributed by atoms with Crippen LogP contribution >= 0.6 is 0 Å². The van der Waals surface area contributed by atoms with E-state index in [1.807, 2.05) is 0 Å². The molecular formula is C20H27N. The standard InChI is InChI=1S/C20H27N/c1-4-15-21-20(18-13-11-16(3)12-14-18)19(5-2)17-9-7-6-8-10-17/h6-14,19-21H,4-5,15H2,1-3H3. The van der Waals surface area contributed by atoms with Crippen LogP contribution in [0.25, 0.3) is 0 Å². The van der Waals surface area contributed by atoms with E-state index in [9.17, 15) is 0 Å². The third-order valence-electron chi connectivity index (χ3n) is 4.12. The van der Waals surface area contributed by atoms with E-state index in [1.165, 1.54) is 16.7 Å². The van der Waals surface area contributed by atoms with Gasteiger partial charge in [-0.15, -0.1) is 0 Å². The zero-order valence-corrected chi connectivity index (χ0v) is 13.5. The van der Waals surface area contributed by atoms with E-state index in [4.69, 9.17) is 0 Å². The van der Waals surface area contributed by atoms with Gasteiger partial charge in [-0.05, 0) is 37.4 Å². The largest absolute Gasteiger partial charge is 0.309 e. The van der Waals surface area contributed by atoms with Crippen molar-refractivity contribution in [1.29, 1.82) is 0 Å². The molecule has 0 heterocycles. The summed E-state index contributed by atoms with van der Waals surface area (Å²) in [7, 11) is 0. The summed E-state index contributed by atoms with van der Waals surface area (Å²) >= 11 is 0. The molecule has 1 N–H and O–H groups in total. The monoisotopic (exact) mass is 281 g/mol. The lowest BCUT2D eigenvalue weighted by Crippen LogP contribution is -2.27. The van der Waals surface area contributed by atoms with Crippen LogP contribution in [0.4, 0.5) is 0 Å². The highest BCUT2D eigenvalue weighted by atomic mass is 14.9. The van der Waals surface area contributed by atoms with Crippen molar-refractivity contribution in [2.75, 3.05) is 6.54 Å². The Morgan fingerprint density at radius 3 is 2.10 bits per heavy atom. The van der Waals surface area contributed by atoms with Crippen molar-refractivity contribution in [2.24, 2.45) is 0 Å². The highest BCUT2D eigenvalue weighted by molar-refractivity contribution is 5.30. The number of hydrogen-bond donors (Lipinski definition) is 1. The zero-order chi connectivity index (χ0) is 15.1. The third-order valence-corrected chi connectivity index (χ3v) is 4.12. The average molecular weight is 281 g/mol. The van der Waals surface area contributed by atoms with Crippen molar-refractivity contribution in [3.05, 3.63) is 71.3 Å². The van der Waals surface area contributed by atoms with Gasteiger partial charge in [0.25, 0.3) is 0 Å². The first-order valence-electron chi connectivity index (χ1n) is 8.11. The summed E-state index contributed by atoms with van der Waals surface area (Å²) in [5.74, 6) is 0.514. The molecule has 1 heteroatoms. The van der Waals surface area contributed by atoms with Crippen LogP contribution in [0.1, 0.15) is 55.3 Å². The van der Waals surface area contributed by atoms with Crippen LogP contribution in [-0.4, -0.2) is 6.54 Å². The Morgan fingerprint density at radius 2 is 1.52 bits per heavy atom. The minimum atomic E-state index is 0.387. The predicted octanol–water partition coefficient (Wildman–Crippen LogP) is 5.23. The van der Waals surface area contributed by atoms with E-state index in [2.05, 4.69) is 80.7 Å². The van der Waals surface area contributed by atoms with Gasteiger partial charge in [0.1, 0.15) is 0 Å². The second-order valence-electron chi connectivity index (χ2n) is 5.77. The molecule has 0 spiro atoms. The first-order chi connectivity index (χ1) is 10.3. The Labute approximate surface area is 129 Å². The van der Waals surface area contributed by atoms with Gasteiger partial charge in [0, 0.05) is 12.0 Å². The van der Waals surface area contributed by atoms with Crippen LogP contribution in [-0.2, 0) is 0 Å². The van der Waals surface area contributed by atoms with E-state index in [0.29, 0.717) is 12.0 Å². The normalized spacial score (nSPS) is 13.9. The summed E-state index contributed by atoms with van der Waals surface area (Å²) in [6, 6.07) is 20.2. The SMILES string of the molecule is CCCNC(c1ccc(C)cc1)C(CC)c1ccccc1. The van der Waals surface area contributed by atoms with Crippen LogP contribution in [0.5, 0.6) is 0 Å². The molecule has 0 aliphatic rings. The Kier molecular flexibility index (Phi) is 6.01. The van der Waals surface area contributed by atoms with Crippen LogP contribution < -0.4 is 5.32 Å². The Hall–Kier alpha value is -1.60. The van der Waals surface area contributed by atoms with Crippen molar-refractivity contribution in [1.82, 2.24) is 5.32 Å². The molecule has 2 atom stereocenters. The molecule has 0 radical (unpaired) electrons. The number of hydrogen-bond acceptors (Lipinski definition) is 1. The van der Waals surface area contributed by atoms with E-state index in [1.54, 1.807) is 0 Å². The van der Waals surface area contributed by atoms with Crippen molar-refractivity contribution in [3.63, 3.8) is 0 Å². The van der Waals surface area contributed by atoms with Gasteiger partial charge in [0.05, 0.1) is 0 Å².